The molecule has 0 amide bonds. The second-order valence-electron chi connectivity index (χ2n) is 4.25. The minimum Gasteiger partial charge on any atom is -0.389 e. The Balaban J connectivity index is 2.11. The van der Waals surface area contributed by atoms with Gasteiger partial charge in [0.1, 0.15) is 5.82 Å². The normalized spacial score (nSPS) is 24.8. The number of halogens is 1. The van der Waals surface area contributed by atoms with Crippen molar-refractivity contribution < 1.29 is 14.6 Å². The first-order valence-corrected chi connectivity index (χ1v) is 5.37. The van der Waals surface area contributed by atoms with Crippen molar-refractivity contribution >= 4 is 0 Å². The molecule has 0 bridgehead atoms. The number of benzene rings is 1. The molecule has 1 aliphatic heterocycles. The first-order chi connectivity index (χ1) is 8.10. The van der Waals surface area contributed by atoms with Crippen LogP contribution in [0.4, 0.5) is 4.39 Å². The fourth-order valence-corrected chi connectivity index (χ4v) is 1.98. The highest BCUT2D eigenvalue weighted by molar-refractivity contribution is 5.33. The van der Waals surface area contributed by atoms with Crippen molar-refractivity contribution in [2.75, 3.05) is 13.1 Å². The van der Waals surface area contributed by atoms with Crippen molar-refractivity contribution in [3.63, 3.8) is 0 Å². The molecule has 0 spiro atoms. The Labute approximate surface area is 98.5 Å². The van der Waals surface area contributed by atoms with Crippen molar-refractivity contribution in [2.24, 2.45) is 0 Å². The van der Waals surface area contributed by atoms with Gasteiger partial charge in [-0.2, -0.15) is 5.26 Å². The first-order valence-electron chi connectivity index (χ1n) is 5.37. The van der Waals surface area contributed by atoms with E-state index in [1.165, 1.54) is 18.2 Å². The van der Waals surface area contributed by atoms with Gasteiger partial charge in [0.2, 0.25) is 0 Å². The Bertz CT molecular complexity index is 448. The van der Waals surface area contributed by atoms with Gasteiger partial charge in [0.05, 0.1) is 23.8 Å². The summed E-state index contributed by atoms with van der Waals surface area (Å²) in [5.41, 5.74) is 0.812. The van der Waals surface area contributed by atoms with Crippen molar-refractivity contribution in [3.8, 4) is 6.07 Å². The minimum absolute atomic E-state index is 0.287. The Morgan fingerprint density at radius 2 is 2.00 bits per heavy atom. The Morgan fingerprint density at radius 3 is 2.59 bits per heavy atom. The average molecular weight is 236 g/mol. The zero-order chi connectivity index (χ0) is 12.4. The van der Waals surface area contributed by atoms with Gasteiger partial charge in [-0.15, -0.1) is 0 Å². The molecule has 4 nitrogen and oxygen atoms in total. The van der Waals surface area contributed by atoms with Crippen LogP contribution in [0.3, 0.4) is 0 Å². The molecule has 2 unspecified atom stereocenters. The third kappa shape index (κ3) is 2.61. The number of rotatable bonds is 2. The van der Waals surface area contributed by atoms with Gasteiger partial charge in [-0.05, 0) is 18.2 Å². The van der Waals surface area contributed by atoms with Crippen LogP contribution in [-0.2, 0) is 6.54 Å². The summed E-state index contributed by atoms with van der Waals surface area (Å²) in [6, 6.07) is 6.13. The molecular weight excluding hydrogens is 223 g/mol. The van der Waals surface area contributed by atoms with Crippen LogP contribution in [0.15, 0.2) is 18.2 Å². The number of aliphatic hydroxyl groups excluding tert-OH is 2. The van der Waals surface area contributed by atoms with E-state index in [9.17, 15) is 14.6 Å². The van der Waals surface area contributed by atoms with Gasteiger partial charge >= 0.3 is 0 Å². The maximum absolute atomic E-state index is 13.5. The number of aliphatic hydroxyl groups is 2. The van der Waals surface area contributed by atoms with Crippen LogP contribution in [0, 0.1) is 17.1 Å². The lowest BCUT2D eigenvalue weighted by atomic mass is 10.1. The third-order valence-corrected chi connectivity index (χ3v) is 2.90. The van der Waals surface area contributed by atoms with Crippen molar-refractivity contribution in [2.45, 2.75) is 18.8 Å². The SMILES string of the molecule is N#Cc1ccc(F)c(CN2CC(O)C(O)C2)c1. The maximum Gasteiger partial charge on any atom is 0.127 e. The summed E-state index contributed by atoms with van der Waals surface area (Å²) in [5, 5.41) is 27.5. The largest absolute Gasteiger partial charge is 0.389 e. The molecule has 5 heteroatoms. The summed E-state index contributed by atoms with van der Waals surface area (Å²) in [6.07, 6.45) is -1.56. The Hall–Kier alpha value is -1.48. The van der Waals surface area contributed by atoms with Crippen molar-refractivity contribution in [3.05, 3.63) is 35.1 Å². The summed E-state index contributed by atoms with van der Waals surface area (Å²) in [6.45, 7) is 0.921. The van der Waals surface area contributed by atoms with E-state index >= 15 is 0 Å². The molecule has 90 valence electrons. The second kappa shape index (κ2) is 4.80. The third-order valence-electron chi connectivity index (χ3n) is 2.90. The number of likely N-dealkylation sites (tertiary alicyclic amines) is 1. The van der Waals surface area contributed by atoms with Gasteiger partial charge in [0.15, 0.2) is 0 Å². The van der Waals surface area contributed by atoms with E-state index in [2.05, 4.69) is 0 Å². The van der Waals surface area contributed by atoms with Gasteiger partial charge in [-0.1, -0.05) is 0 Å². The monoisotopic (exact) mass is 236 g/mol. The number of nitriles is 1. The highest BCUT2D eigenvalue weighted by Gasteiger charge is 2.29. The molecule has 2 rings (SSSR count). The molecule has 0 aromatic heterocycles. The quantitative estimate of drug-likeness (QED) is 0.771. The van der Waals surface area contributed by atoms with Crippen LogP contribution in [0.2, 0.25) is 0 Å². The summed E-state index contributed by atoms with van der Waals surface area (Å²) in [4.78, 5) is 1.76. The molecule has 0 radical (unpaired) electrons. The predicted octanol–water partition coefficient (Wildman–Crippen LogP) is 0.235. The van der Waals surface area contributed by atoms with E-state index in [0.29, 0.717) is 24.2 Å². The fraction of sp³-hybridized carbons (Fsp3) is 0.417. The standard InChI is InChI=1S/C12H13FN2O2/c13-10-2-1-8(4-14)3-9(10)5-15-6-11(16)12(17)7-15/h1-3,11-12,16-17H,5-7H2. The molecule has 1 saturated heterocycles. The lowest BCUT2D eigenvalue weighted by Crippen LogP contribution is -2.22. The van der Waals surface area contributed by atoms with E-state index in [1.807, 2.05) is 6.07 Å². The van der Waals surface area contributed by atoms with Gasteiger partial charge in [0.25, 0.3) is 0 Å². The maximum atomic E-state index is 13.5. The zero-order valence-corrected chi connectivity index (χ0v) is 9.17. The van der Waals surface area contributed by atoms with Gasteiger partial charge in [-0.3, -0.25) is 4.90 Å². The average Bonchev–Trinajstić information content (AvgIpc) is 2.61. The zero-order valence-electron chi connectivity index (χ0n) is 9.17. The summed E-state index contributed by atoms with van der Waals surface area (Å²) < 4.78 is 13.5. The van der Waals surface area contributed by atoms with Gasteiger partial charge in [-0.25, -0.2) is 4.39 Å². The highest BCUT2D eigenvalue weighted by Crippen LogP contribution is 2.17. The molecule has 1 aromatic carbocycles. The molecule has 1 aromatic rings. The Kier molecular flexibility index (Phi) is 3.38. The van der Waals surface area contributed by atoms with Gasteiger partial charge < -0.3 is 10.2 Å². The van der Waals surface area contributed by atoms with E-state index in [4.69, 9.17) is 5.26 Å². The number of hydrogen-bond donors (Lipinski definition) is 2. The molecule has 2 atom stereocenters. The van der Waals surface area contributed by atoms with Gasteiger partial charge in [0, 0.05) is 25.2 Å². The van der Waals surface area contributed by atoms with Crippen LogP contribution < -0.4 is 0 Å². The molecule has 1 fully saturated rings. The van der Waals surface area contributed by atoms with E-state index in [1.54, 1.807) is 4.90 Å². The topological polar surface area (TPSA) is 67.5 Å². The summed E-state index contributed by atoms with van der Waals surface area (Å²) in [5.74, 6) is -0.375. The first kappa shape index (κ1) is 12.0. The molecule has 17 heavy (non-hydrogen) atoms. The van der Waals surface area contributed by atoms with E-state index in [0.717, 1.165) is 0 Å². The van der Waals surface area contributed by atoms with Crippen LogP contribution in [-0.4, -0.2) is 40.4 Å². The fourth-order valence-electron chi connectivity index (χ4n) is 1.98. The van der Waals surface area contributed by atoms with Crippen LogP contribution in [0.25, 0.3) is 0 Å². The Morgan fingerprint density at radius 1 is 1.35 bits per heavy atom. The van der Waals surface area contributed by atoms with E-state index < -0.39 is 12.2 Å². The van der Waals surface area contributed by atoms with Crippen LogP contribution >= 0.6 is 0 Å². The van der Waals surface area contributed by atoms with Crippen molar-refractivity contribution in [1.82, 2.24) is 4.90 Å². The molecule has 1 aliphatic rings. The summed E-state index contributed by atoms with van der Waals surface area (Å²) >= 11 is 0. The molecule has 1 heterocycles. The lowest BCUT2D eigenvalue weighted by molar-refractivity contribution is 0.0572. The highest BCUT2D eigenvalue weighted by atomic mass is 19.1. The molecule has 2 N–H and O–H groups in total. The molecule has 0 saturated carbocycles. The number of β-amino-alcohol motifs (C(OH)–C–C–N with tert-alkyl or cyclic N) is 2. The second-order valence-corrected chi connectivity index (χ2v) is 4.25. The van der Waals surface area contributed by atoms with E-state index in [-0.39, 0.29) is 12.4 Å². The molecule has 0 aliphatic carbocycles. The lowest BCUT2D eigenvalue weighted by Gasteiger charge is -2.15. The minimum atomic E-state index is -0.780. The molecular formula is C12H13FN2O2. The summed E-state index contributed by atoms with van der Waals surface area (Å²) in [7, 11) is 0. The predicted molar refractivity (Wildman–Crippen MR) is 58.4 cm³/mol. The van der Waals surface area contributed by atoms with Crippen molar-refractivity contribution in [1.29, 1.82) is 5.26 Å². The van der Waals surface area contributed by atoms with Crippen LogP contribution in [0.1, 0.15) is 11.1 Å². The number of hydrogen-bond acceptors (Lipinski definition) is 4. The smallest absolute Gasteiger partial charge is 0.127 e. The number of nitrogens with zero attached hydrogens (tertiary/aromatic N) is 2. The van der Waals surface area contributed by atoms with Crippen LogP contribution in [0.5, 0.6) is 0 Å².